The molecule has 1 aromatic carbocycles. The summed E-state index contributed by atoms with van der Waals surface area (Å²) in [6.07, 6.45) is 2.22. The molecule has 1 amide bonds. The summed E-state index contributed by atoms with van der Waals surface area (Å²) in [5.74, 6) is -0.0172. The summed E-state index contributed by atoms with van der Waals surface area (Å²) in [5, 5.41) is 12.3. The number of benzene rings is 1. The van der Waals surface area contributed by atoms with Crippen LogP contribution in [0.4, 0.5) is 5.13 Å². The van der Waals surface area contributed by atoms with Crippen molar-refractivity contribution in [3.8, 4) is 10.6 Å². The van der Waals surface area contributed by atoms with E-state index in [9.17, 15) is 4.79 Å². The predicted octanol–water partition coefficient (Wildman–Crippen LogP) is 4.99. The second kappa shape index (κ2) is 7.81. The number of aryl methyl sites for hydroxylation is 1. The minimum atomic E-state index is -0.0172. The Kier molecular flexibility index (Phi) is 5.53. The molecule has 0 saturated heterocycles. The smallest absolute Gasteiger partial charge is 0.226 e. The standard InChI is InChI=1S/C16H14BrN3OS2/c17-13-10-9-12(22-13)7-4-8-14(21)18-16-20-19-15(23-16)11-5-2-1-3-6-11/h1-3,5-6,9-10H,4,7-8H2,(H,18,20,21). The fraction of sp³-hybridized carbons (Fsp3) is 0.188. The average molecular weight is 408 g/mol. The van der Waals surface area contributed by atoms with Crippen molar-refractivity contribution in [1.82, 2.24) is 10.2 Å². The van der Waals surface area contributed by atoms with E-state index in [1.54, 1.807) is 11.3 Å². The van der Waals surface area contributed by atoms with Crippen molar-refractivity contribution in [2.45, 2.75) is 19.3 Å². The van der Waals surface area contributed by atoms with E-state index >= 15 is 0 Å². The van der Waals surface area contributed by atoms with Crippen LogP contribution in [-0.2, 0) is 11.2 Å². The molecule has 0 aliphatic heterocycles. The van der Waals surface area contributed by atoms with E-state index in [0.29, 0.717) is 11.6 Å². The maximum absolute atomic E-state index is 12.0. The van der Waals surface area contributed by atoms with Gasteiger partial charge in [0.2, 0.25) is 11.0 Å². The lowest BCUT2D eigenvalue weighted by Crippen LogP contribution is -2.11. The Morgan fingerprint density at radius 2 is 1.91 bits per heavy atom. The highest BCUT2D eigenvalue weighted by molar-refractivity contribution is 9.11. The molecule has 0 fully saturated rings. The second-order valence-corrected chi connectivity index (χ2v) is 8.41. The summed E-state index contributed by atoms with van der Waals surface area (Å²) in [6.45, 7) is 0. The summed E-state index contributed by atoms with van der Waals surface area (Å²) in [6, 6.07) is 13.9. The zero-order valence-corrected chi connectivity index (χ0v) is 15.4. The van der Waals surface area contributed by atoms with Crippen molar-refractivity contribution in [2.24, 2.45) is 0 Å². The van der Waals surface area contributed by atoms with Crippen LogP contribution in [0.2, 0.25) is 0 Å². The summed E-state index contributed by atoms with van der Waals surface area (Å²) in [4.78, 5) is 13.3. The highest BCUT2D eigenvalue weighted by Gasteiger charge is 2.09. The molecule has 7 heteroatoms. The van der Waals surface area contributed by atoms with Crippen LogP contribution in [-0.4, -0.2) is 16.1 Å². The van der Waals surface area contributed by atoms with Gasteiger partial charge in [0.15, 0.2) is 0 Å². The monoisotopic (exact) mass is 407 g/mol. The molecule has 1 N–H and O–H groups in total. The number of anilines is 1. The Labute approximate surface area is 150 Å². The molecule has 0 unspecified atom stereocenters. The van der Waals surface area contributed by atoms with Crippen LogP contribution in [0, 0.1) is 0 Å². The van der Waals surface area contributed by atoms with Crippen molar-refractivity contribution >= 4 is 49.6 Å². The lowest BCUT2D eigenvalue weighted by Gasteiger charge is -2.00. The van der Waals surface area contributed by atoms with Gasteiger partial charge < -0.3 is 5.32 Å². The summed E-state index contributed by atoms with van der Waals surface area (Å²) in [7, 11) is 0. The third-order valence-electron chi connectivity index (χ3n) is 3.15. The first kappa shape index (κ1) is 16.3. The first-order valence-electron chi connectivity index (χ1n) is 7.14. The zero-order chi connectivity index (χ0) is 16.1. The number of nitrogens with one attached hydrogen (secondary N) is 1. The van der Waals surface area contributed by atoms with Gasteiger partial charge in [0.05, 0.1) is 3.79 Å². The first-order valence-corrected chi connectivity index (χ1v) is 9.56. The van der Waals surface area contributed by atoms with Gasteiger partial charge in [-0.1, -0.05) is 41.7 Å². The van der Waals surface area contributed by atoms with Gasteiger partial charge >= 0.3 is 0 Å². The highest BCUT2D eigenvalue weighted by atomic mass is 79.9. The normalized spacial score (nSPS) is 10.7. The van der Waals surface area contributed by atoms with Crippen LogP contribution >= 0.6 is 38.6 Å². The van der Waals surface area contributed by atoms with E-state index in [2.05, 4.69) is 37.5 Å². The molecule has 0 aliphatic carbocycles. The number of thiophene rings is 1. The third-order valence-corrected chi connectivity index (χ3v) is 5.72. The molecule has 2 heterocycles. The lowest BCUT2D eigenvalue weighted by atomic mass is 10.2. The van der Waals surface area contributed by atoms with Crippen molar-refractivity contribution in [3.63, 3.8) is 0 Å². The molecule has 0 saturated carbocycles. The minimum absolute atomic E-state index is 0.0172. The Morgan fingerprint density at radius 3 is 2.65 bits per heavy atom. The van der Waals surface area contributed by atoms with Crippen LogP contribution in [0.3, 0.4) is 0 Å². The number of nitrogens with zero attached hydrogens (tertiary/aromatic N) is 2. The molecular weight excluding hydrogens is 394 g/mol. The molecule has 0 spiro atoms. The maximum Gasteiger partial charge on any atom is 0.226 e. The van der Waals surface area contributed by atoms with Gasteiger partial charge in [-0.3, -0.25) is 4.79 Å². The number of rotatable bonds is 6. The Morgan fingerprint density at radius 1 is 1.09 bits per heavy atom. The number of hydrogen-bond acceptors (Lipinski definition) is 5. The van der Waals surface area contributed by atoms with Gasteiger partial charge in [0.1, 0.15) is 5.01 Å². The van der Waals surface area contributed by atoms with Gasteiger partial charge in [-0.25, -0.2) is 0 Å². The number of aromatic nitrogens is 2. The molecule has 0 radical (unpaired) electrons. The summed E-state index contributed by atoms with van der Waals surface area (Å²) in [5.41, 5.74) is 1.01. The summed E-state index contributed by atoms with van der Waals surface area (Å²) < 4.78 is 1.12. The van der Waals surface area contributed by atoms with Gasteiger partial charge in [-0.05, 0) is 40.9 Å². The second-order valence-electron chi connectivity index (χ2n) is 4.89. The Balaban J connectivity index is 1.49. The van der Waals surface area contributed by atoms with Crippen LogP contribution in [0.5, 0.6) is 0 Å². The fourth-order valence-corrected chi connectivity index (χ4v) is 4.35. The number of carbonyl (C=O) groups excluding carboxylic acids is 1. The number of halogens is 1. The van der Waals surface area contributed by atoms with Crippen molar-refractivity contribution in [3.05, 3.63) is 51.1 Å². The van der Waals surface area contributed by atoms with E-state index < -0.39 is 0 Å². The summed E-state index contributed by atoms with van der Waals surface area (Å²) >= 11 is 6.54. The molecule has 118 valence electrons. The van der Waals surface area contributed by atoms with Gasteiger partial charge in [0, 0.05) is 16.9 Å². The molecule has 2 aromatic heterocycles. The van der Waals surface area contributed by atoms with Crippen molar-refractivity contribution in [2.75, 3.05) is 5.32 Å². The molecule has 0 bridgehead atoms. The fourth-order valence-electron chi connectivity index (χ4n) is 2.06. The van der Waals surface area contributed by atoms with E-state index in [4.69, 9.17) is 0 Å². The SMILES string of the molecule is O=C(CCCc1ccc(Br)s1)Nc1nnc(-c2ccccc2)s1. The number of hydrogen-bond donors (Lipinski definition) is 1. The molecule has 3 rings (SSSR count). The quantitative estimate of drug-likeness (QED) is 0.625. The Bertz CT molecular complexity index is 785. The van der Waals surface area contributed by atoms with E-state index in [1.807, 2.05) is 36.4 Å². The van der Waals surface area contributed by atoms with E-state index in [-0.39, 0.29) is 5.91 Å². The topological polar surface area (TPSA) is 54.9 Å². The minimum Gasteiger partial charge on any atom is -0.301 e. The van der Waals surface area contributed by atoms with E-state index in [0.717, 1.165) is 27.2 Å². The van der Waals surface area contributed by atoms with Crippen LogP contribution in [0.1, 0.15) is 17.7 Å². The Hall–Kier alpha value is -1.57. The third kappa shape index (κ3) is 4.70. The number of amides is 1. The predicted molar refractivity (Wildman–Crippen MR) is 98.9 cm³/mol. The number of carbonyl (C=O) groups is 1. The first-order chi connectivity index (χ1) is 11.2. The molecule has 3 aromatic rings. The van der Waals surface area contributed by atoms with Crippen LogP contribution in [0.15, 0.2) is 46.3 Å². The highest BCUT2D eigenvalue weighted by Crippen LogP contribution is 2.26. The zero-order valence-electron chi connectivity index (χ0n) is 12.2. The average Bonchev–Trinajstić information content (AvgIpc) is 3.17. The molecule has 23 heavy (non-hydrogen) atoms. The maximum atomic E-state index is 12.0. The van der Waals surface area contributed by atoms with E-state index in [1.165, 1.54) is 16.2 Å². The molecule has 0 atom stereocenters. The largest absolute Gasteiger partial charge is 0.301 e. The molecule has 0 aliphatic rings. The van der Waals surface area contributed by atoms with Gasteiger partial charge in [-0.2, -0.15) is 0 Å². The van der Waals surface area contributed by atoms with Crippen LogP contribution < -0.4 is 5.32 Å². The van der Waals surface area contributed by atoms with Gasteiger partial charge in [0.25, 0.3) is 0 Å². The van der Waals surface area contributed by atoms with Crippen LogP contribution in [0.25, 0.3) is 10.6 Å². The van der Waals surface area contributed by atoms with Gasteiger partial charge in [-0.15, -0.1) is 21.5 Å². The molecule has 4 nitrogen and oxygen atoms in total. The van der Waals surface area contributed by atoms with Crippen molar-refractivity contribution < 1.29 is 4.79 Å². The van der Waals surface area contributed by atoms with Crippen molar-refractivity contribution in [1.29, 1.82) is 0 Å². The lowest BCUT2D eigenvalue weighted by molar-refractivity contribution is -0.116. The molecular formula is C16H14BrN3OS2.